The average Bonchev–Trinajstić information content (AvgIpc) is 3.91. The quantitative estimate of drug-likeness (QED) is 0.167. The van der Waals surface area contributed by atoms with Crippen molar-refractivity contribution in [1.29, 1.82) is 0 Å². The van der Waals surface area contributed by atoms with E-state index in [-0.39, 0.29) is 5.41 Å². The predicted molar refractivity (Wildman–Crippen MR) is 282 cm³/mol. The fourth-order valence-electron chi connectivity index (χ4n) is 14.1. The van der Waals surface area contributed by atoms with E-state index in [1.807, 2.05) is 0 Å². The average molecular weight is 885 g/mol. The summed E-state index contributed by atoms with van der Waals surface area (Å²) in [5, 5.41) is 4.68. The maximum atomic E-state index is 5.40. The number of nitrogens with zero attached hydrogens (tertiary/aromatic N) is 4. The normalized spacial score (nSPS) is 20.8. The van der Waals surface area contributed by atoms with Crippen LogP contribution in [0.5, 0.6) is 0 Å². The standard InChI is InChI=1S/C65H48N4/c1-3-11-42(12-4-1)44-19-23-47(24-20-44)62-66-63(48-25-21-45(22-26-48)43-13-5-2-6-14-43)68-64(67-62)69-60-32-29-50(39-57(60)55-30-27-46-15-7-8-16-53(46)61(55)69)49-28-31-59-56(38-49)54-17-9-10-18-58(54)65(59)51-34-40-33-41(36-51)37-52(65)35-40/h1-32,38-41,51-52H,33-37H2. The fraction of sp³-hybridized carbons (Fsp3) is 0.154. The maximum absolute atomic E-state index is 5.40. The largest absolute Gasteiger partial charge is 0.277 e. The van der Waals surface area contributed by atoms with E-state index in [0.29, 0.717) is 17.6 Å². The van der Waals surface area contributed by atoms with Gasteiger partial charge in [-0.2, -0.15) is 9.97 Å². The molecular weight excluding hydrogens is 837 g/mol. The molecule has 0 radical (unpaired) electrons. The van der Waals surface area contributed by atoms with Crippen LogP contribution in [0.15, 0.2) is 206 Å². The van der Waals surface area contributed by atoms with Crippen molar-refractivity contribution >= 4 is 32.6 Å². The summed E-state index contributed by atoms with van der Waals surface area (Å²) >= 11 is 0. The molecule has 2 aromatic heterocycles. The molecule has 1 spiro atoms. The molecule has 69 heavy (non-hydrogen) atoms. The van der Waals surface area contributed by atoms with Crippen LogP contribution in [0.3, 0.4) is 0 Å². The van der Waals surface area contributed by atoms with Gasteiger partial charge in [0.05, 0.1) is 11.0 Å². The van der Waals surface area contributed by atoms with Crippen LogP contribution in [0, 0.1) is 23.7 Å². The Morgan fingerprint density at radius 1 is 0.362 bits per heavy atom. The molecule has 9 aromatic carbocycles. The summed E-state index contributed by atoms with van der Waals surface area (Å²) in [6.07, 6.45) is 7.03. The SMILES string of the molecule is c1ccc(-c2ccc(-c3nc(-c4ccc(-c5ccccc5)cc4)nc(-n4c5ccc(-c6ccc7c(c6)-c6ccccc6C76C7CC8CC(C7)CC6C8)cc5c5ccc6ccccc6c54)n3)cc2)cc1. The van der Waals surface area contributed by atoms with Crippen molar-refractivity contribution in [1.82, 2.24) is 19.5 Å². The van der Waals surface area contributed by atoms with Gasteiger partial charge in [-0.25, -0.2) is 4.98 Å². The maximum Gasteiger partial charge on any atom is 0.238 e. The van der Waals surface area contributed by atoms with E-state index in [0.717, 1.165) is 62.3 Å². The Bertz CT molecular complexity index is 3700. The highest BCUT2D eigenvalue weighted by Gasteiger charge is 2.61. The molecule has 0 saturated heterocycles. The monoisotopic (exact) mass is 884 g/mol. The van der Waals surface area contributed by atoms with Crippen molar-refractivity contribution in [3.05, 3.63) is 217 Å². The van der Waals surface area contributed by atoms with Crippen LogP contribution in [0.1, 0.15) is 43.2 Å². The molecule has 0 amide bonds. The van der Waals surface area contributed by atoms with Crippen molar-refractivity contribution < 1.29 is 0 Å². The minimum Gasteiger partial charge on any atom is -0.277 e. The Balaban J connectivity index is 0.908. The zero-order valence-electron chi connectivity index (χ0n) is 38.3. The molecule has 5 aliphatic rings. The molecule has 11 aromatic rings. The molecule has 0 aliphatic heterocycles. The van der Waals surface area contributed by atoms with Crippen LogP contribution in [0.2, 0.25) is 0 Å². The number of fused-ring (bicyclic) bond motifs is 8. The fourth-order valence-corrected chi connectivity index (χ4v) is 14.1. The number of benzene rings is 9. The van der Waals surface area contributed by atoms with Gasteiger partial charge in [0.25, 0.3) is 0 Å². The first kappa shape index (κ1) is 39.1. The van der Waals surface area contributed by atoms with Gasteiger partial charge in [0.1, 0.15) is 0 Å². The van der Waals surface area contributed by atoms with Gasteiger partial charge in [-0.15, -0.1) is 0 Å². The molecule has 5 aliphatic carbocycles. The number of hydrogen-bond donors (Lipinski definition) is 0. The van der Waals surface area contributed by atoms with Gasteiger partial charge in [-0.3, -0.25) is 4.57 Å². The molecule has 4 nitrogen and oxygen atoms in total. The molecule has 0 atom stereocenters. The Labute approximate surface area is 402 Å². The molecule has 4 bridgehead atoms. The lowest BCUT2D eigenvalue weighted by Crippen LogP contribution is -2.55. The van der Waals surface area contributed by atoms with E-state index in [1.54, 1.807) is 11.1 Å². The van der Waals surface area contributed by atoms with Crippen LogP contribution >= 0.6 is 0 Å². The van der Waals surface area contributed by atoms with Gasteiger partial charge in [-0.1, -0.05) is 188 Å². The van der Waals surface area contributed by atoms with E-state index >= 15 is 0 Å². The summed E-state index contributed by atoms with van der Waals surface area (Å²) in [4.78, 5) is 16.0. The molecular formula is C65H48N4. The van der Waals surface area contributed by atoms with E-state index in [1.165, 1.54) is 81.6 Å². The third kappa shape index (κ3) is 5.91. The highest BCUT2D eigenvalue weighted by atomic mass is 15.2. The lowest BCUT2D eigenvalue weighted by Gasteiger charge is -2.61. The van der Waals surface area contributed by atoms with Crippen molar-refractivity contribution in [2.24, 2.45) is 23.7 Å². The topological polar surface area (TPSA) is 43.6 Å². The van der Waals surface area contributed by atoms with E-state index in [2.05, 4.69) is 211 Å². The number of rotatable bonds is 6. The molecule has 4 fully saturated rings. The summed E-state index contributed by atoms with van der Waals surface area (Å²) in [6.45, 7) is 0. The van der Waals surface area contributed by atoms with E-state index in [4.69, 9.17) is 15.0 Å². The van der Waals surface area contributed by atoms with Gasteiger partial charge in [0, 0.05) is 32.7 Å². The van der Waals surface area contributed by atoms with Crippen LogP contribution in [0.4, 0.5) is 0 Å². The summed E-state index contributed by atoms with van der Waals surface area (Å²) in [7, 11) is 0. The third-order valence-corrected chi connectivity index (χ3v) is 16.9. The second kappa shape index (κ2) is 15.0. The Kier molecular flexibility index (Phi) is 8.51. The molecule has 2 heterocycles. The minimum atomic E-state index is 0.159. The summed E-state index contributed by atoms with van der Waals surface area (Å²) in [5.74, 6) is 5.19. The van der Waals surface area contributed by atoms with Crippen LogP contribution in [-0.2, 0) is 5.41 Å². The van der Waals surface area contributed by atoms with Crippen molar-refractivity contribution in [3.8, 4) is 73.2 Å². The third-order valence-electron chi connectivity index (χ3n) is 16.9. The van der Waals surface area contributed by atoms with E-state index in [9.17, 15) is 0 Å². The second-order valence-corrected chi connectivity index (χ2v) is 20.4. The van der Waals surface area contributed by atoms with Crippen LogP contribution in [0.25, 0.3) is 106 Å². The van der Waals surface area contributed by atoms with Crippen LogP contribution < -0.4 is 0 Å². The zero-order chi connectivity index (χ0) is 45.2. The highest BCUT2D eigenvalue weighted by Crippen LogP contribution is 2.69. The molecule has 4 saturated carbocycles. The van der Waals surface area contributed by atoms with Gasteiger partial charge in [0.15, 0.2) is 11.6 Å². The Morgan fingerprint density at radius 3 is 1.55 bits per heavy atom. The molecule has 4 heteroatoms. The molecule has 16 rings (SSSR count). The van der Waals surface area contributed by atoms with Gasteiger partial charge >= 0.3 is 0 Å². The van der Waals surface area contributed by atoms with Gasteiger partial charge in [-0.05, 0) is 135 Å². The minimum absolute atomic E-state index is 0.159. The lowest BCUT2D eigenvalue weighted by atomic mass is 9.43. The summed E-state index contributed by atoms with van der Waals surface area (Å²) in [6, 6.07) is 75.5. The van der Waals surface area contributed by atoms with E-state index < -0.39 is 0 Å². The van der Waals surface area contributed by atoms with Crippen molar-refractivity contribution in [2.75, 3.05) is 0 Å². The first-order valence-corrected chi connectivity index (χ1v) is 24.9. The van der Waals surface area contributed by atoms with Gasteiger partial charge < -0.3 is 0 Å². The highest BCUT2D eigenvalue weighted by molar-refractivity contribution is 6.19. The second-order valence-electron chi connectivity index (χ2n) is 20.4. The smallest absolute Gasteiger partial charge is 0.238 e. The number of hydrogen-bond acceptors (Lipinski definition) is 3. The molecule has 328 valence electrons. The summed E-state index contributed by atoms with van der Waals surface area (Å²) < 4.78 is 2.29. The molecule has 0 N–H and O–H groups in total. The van der Waals surface area contributed by atoms with Crippen molar-refractivity contribution in [2.45, 2.75) is 37.5 Å². The Morgan fingerprint density at radius 2 is 0.884 bits per heavy atom. The first-order chi connectivity index (χ1) is 34.1. The zero-order valence-corrected chi connectivity index (χ0v) is 38.3. The summed E-state index contributed by atoms with van der Waals surface area (Å²) in [5.41, 5.74) is 17.4. The van der Waals surface area contributed by atoms with Crippen molar-refractivity contribution in [3.63, 3.8) is 0 Å². The molecule has 0 unspecified atom stereocenters. The first-order valence-electron chi connectivity index (χ1n) is 24.9. The lowest BCUT2D eigenvalue weighted by molar-refractivity contribution is -0.0399. The van der Waals surface area contributed by atoms with Crippen LogP contribution in [-0.4, -0.2) is 19.5 Å². The van der Waals surface area contributed by atoms with Gasteiger partial charge in [0.2, 0.25) is 5.95 Å². The Hall–Kier alpha value is -7.95. The number of aromatic nitrogens is 4. The predicted octanol–water partition coefficient (Wildman–Crippen LogP) is 16.2.